The number of para-hydroxylation sites is 1. The van der Waals surface area contributed by atoms with E-state index in [0.29, 0.717) is 12.5 Å². The fraction of sp³-hybridized carbons (Fsp3) is 0.500. The maximum atomic E-state index is 13.4. The standard InChI is InChI=1S/C12H15FN2O2S/c13-10-2-1-3-11(12(10)15(16)17)14-8-9-4-6-18-7-5-9/h1-3,9,14H,4-8H2. The Kier molecular flexibility index (Phi) is 4.41. The highest BCUT2D eigenvalue weighted by Crippen LogP contribution is 2.29. The Morgan fingerprint density at radius 2 is 2.17 bits per heavy atom. The predicted molar refractivity (Wildman–Crippen MR) is 71.6 cm³/mol. The van der Waals surface area contributed by atoms with Crippen LogP contribution in [-0.4, -0.2) is 23.0 Å². The summed E-state index contributed by atoms with van der Waals surface area (Å²) in [6, 6.07) is 4.15. The van der Waals surface area contributed by atoms with Gasteiger partial charge in [0.1, 0.15) is 5.69 Å². The number of nitro benzene ring substituents is 1. The summed E-state index contributed by atoms with van der Waals surface area (Å²) in [7, 11) is 0. The zero-order chi connectivity index (χ0) is 13.0. The number of nitrogens with one attached hydrogen (secondary N) is 1. The summed E-state index contributed by atoms with van der Waals surface area (Å²) in [6.07, 6.45) is 2.22. The second kappa shape index (κ2) is 6.04. The topological polar surface area (TPSA) is 55.2 Å². The van der Waals surface area contributed by atoms with Gasteiger partial charge in [0.2, 0.25) is 5.82 Å². The molecule has 0 saturated carbocycles. The Balaban J connectivity index is 2.04. The van der Waals surface area contributed by atoms with Gasteiger partial charge in [0.15, 0.2) is 0 Å². The molecule has 18 heavy (non-hydrogen) atoms. The number of benzene rings is 1. The van der Waals surface area contributed by atoms with Crippen LogP contribution in [0.5, 0.6) is 0 Å². The molecule has 1 aliphatic rings. The van der Waals surface area contributed by atoms with Crippen molar-refractivity contribution in [3.8, 4) is 0 Å². The van der Waals surface area contributed by atoms with E-state index in [4.69, 9.17) is 0 Å². The van der Waals surface area contributed by atoms with Crippen LogP contribution in [0.2, 0.25) is 0 Å². The van der Waals surface area contributed by atoms with Gasteiger partial charge in [-0.1, -0.05) is 6.07 Å². The molecule has 0 radical (unpaired) electrons. The number of thioether (sulfide) groups is 1. The molecule has 0 unspecified atom stereocenters. The normalized spacial score (nSPS) is 16.5. The molecule has 0 aromatic heterocycles. The monoisotopic (exact) mass is 270 g/mol. The molecule has 98 valence electrons. The van der Waals surface area contributed by atoms with E-state index in [1.165, 1.54) is 6.07 Å². The minimum Gasteiger partial charge on any atom is -0.379 e. The second-order valence-electron chi connectivity index (χ2n) is 4.33. The van der Waals surface area contributed by atoms with Crippen LogP contribution >= 0.6 is 11.8 Å². The molecule has 1 saturated heterocycles. The molecule has 1 aromatic rings. The van der Waals surface area contributed by atoms with E-state index in [0.717, 1.165) is 30.4 Å². The smallest absolute Gasteiger partial charge is 0.327 e. The third-order valence-electron chi connectivity index (χ3n) is 3.09. The Hall–Kier alpha value is -1.30. The molecule has 1 aromatic carbocycles. The van der Waals surface area contributed by atoms with Gasteiger partial charge in [-0.05, 0) is 42.4 Å². The molecule has 0 spiro atoms. The molecule has 1 aliphatic heterocycles. The summed E-state index contributed by atoms with van der Waals surface area (Å²) in [6.45, 7) is 0.671. The summed E-state index contributed by atoms with van der Waals surface area (Å²) in [5.41, 5.74) is -0.180. The first-order valence-corrected chi connectivity index (χ1v) is 7.08. The summed E-state index contributed by atoms with van der Waals surface area (Å²) >= 11 is 1.93. The van der Waals surface area contributed by atoms with E-state index >= 15 is 0 Å². The van der Waals surface area contributed by atoms with Gasteiger partial charge in [-0.3, -0.25) is 10.1 Å². The van der Waals surface area contributed by atoms with E-state index < -0.39 is 16.4 Å². The molecule has 1 fully saturated rings. The van der Waals surface area contributed by atoms with Gasteiger partial charge in [-0.2, -0.15) is 16.2 Å². The Bertz CT molecular complexity index is 436. The van der Waals surface area contributed by atoms with Crippen molar-refractivity contribution >= 4 is 23.1 Å². The fourth-order valence-electron chi connectivity index (χ4n) is 2.05. The van der Waals surface area contributed by atoms with Crippen LogP contribution in [-0.2, 0) is 0 Å². The second-order valence-corrected chi connectivity index (χ2v) is 5.55. The van der Waals surface area contributed by atoms with Crippen LogP contribution in [0, 0.1) is 21.8 Å². The van der Waals surface area contributed by atoms with Crippen molar-refractivity contribution in [2.45, 2.75) is 12.8 Å². The molecule has 0 amide bonds. The quantitative estimate of drug-likeness (QED) is 0.673. The van der Waals surface area contributed by atoms with Crippen LogP contribution in [0.4, 0.5) is 15.8 Å². The zero-order valence-corrected chi connectivity index (χ0v) is 10.7. The average molecular weight is 270 g/mol. The predicted octanol–water partition coefficient (Wildman–Crippen LogP) is 3.29. The van der Waals surface area contributed by atoms with Gasteiger partial charge in [0.05, 0.1) is 4.92 Å². The average Bonchev–Trinajstić information content (AvgIpc) is 2.37. The Morgan fingerprint density at radius 1 is 1.44 bits per heavy atom. The molecular formula is C12H15FN2O2S. The lowest BCUT2D eigenvalue weighted by molar-refractivity contribution is -0.386. The molecule has 1 heterocycles. The van der Waals surface area contributed by atoms with Crippen molar-refractivity contribution in [1.82, 2.24) is 0 Å². The summed E-state index contributed by atoms with van der Waals surface area (Å²) in [5.74, 6) is 2.01. The Labute approximate surface area is 109 Å². The molecule has 6 heteroatoms. The minimum absolute atomic E-state index is 0.276. The maximum absolute atomic E-state index is 13.4. The van der Waals surface area contributed by atoms with Crippen LogP contribution in [0.25, 0.3) is 0 Å². The number of hydrogen-bond donors (Lipinski definition) is 1. The lowest BCUT2D eigenvalue weighted by Gasteiger charge is -2.21. The highest BCUT2D eigenvalue weighted by molar-refractivity contribution is 7.99. The summed E-state index contributed by atoms with van der Waals surface area (Å²) < 4.78 is 13.4. The third kappa shape index (κ3) is 3.13. The number of nitrogens with zero attached hydrogens (tertiary/aromatic N) is 1. The van der Waals surface area contributed by atoms with Crippen LogP contribution in [0.3, 0.4) is 0 Å². The number of hydrogen-bond acceptors (Lipinski definition) is 4. The molecule has 4 nitrogen and oxygen atoms in total. The van der Waals surface area contributed by atoms with Gasteiger partial charge in [0.25, 0.3) is 0 Å². The number of rotatable bonds is 4. The number of halogens is 1. The van der Waals surface area contributed by atoms with Crippen molar-refractivity contribution in [2.24, 2.45) is 5.92 Å². The molecule has 1 N–H and O–H groups in total. The van der Waals surface area contributed by atoms with Crippen LogP contribution < -0.4 is 5.32 Å². The van der Waals surface area contributed by atoms with Gasteiger partial charge < -0.3 is 5.32 Å². The molecule has 2 rings (SSSR count). The first kappa shape index (κ1) is 13.1. The first-order chi connectivity index (χ1) is 8.68. The van der Waals surface area contributed by atoms with Gasteiger partial charge in [-0.25, -0.2) is 0 Å². The fourth-order valence-corrected chi connectivity index (χ4v) is 3.25. The number of nitro groups is 1. The van der Waals surface area contributed by atoms with Crippen molar-refractivity contribution in [3.63, 3.8) is 0 Å². The van der Waals surface area contributed by atoms with Gasteiger partial charge in [-0.15, -0.1) is 0 Å². The Morgan fingerprint density at radius 3 is 2.83 bits per heavy atom. The largest absolute Gasteiger partial charge is 0.379 e. The van der Waals surface area contributed by atoms with E-state index in [9.17, 15) is 14.5 Å². The lowest BCUT2D eigenvalue weighted by Crippen LogP contribution is -2.19. The third-order valence-corrected chi connectivity index (χ3v) is 4.14. The van der Waals surface area contributed by atoms with E-state index in [1.54, 1.807) is 6.07 Å². The van der Waals surface area contributed by atoms with E-state index in [2.05, 4.69) is 5.32 Å². The van der Waals surface area contributed by atoms with E-state index in [-0.39, 0.29) is 5.69 Å². The van der Waals surface area contributed by atoms with Crippen molar-refractivity contribution in [1.29, 1.82) is 0 Å². The maximum Gasteiger partial charge on any atom is 0.327 e. The number of anilines is 1. The SMILES string of the molecule is O=[N+]([O-])c1c(F)cccc1NCC1CCSCC1. The van der Waals surface area contributed by atoms with E-state index in [1.807, 2.05) is 11.8 Å². The van der Waals surface area contributed by atoms with Gasteiger partial charge in [0, 0.05) is 6.54 Å². The molecular weight excluding hydrogens is 255 g/mol. The van der Waals surface area contributed by atoms with Crippen molar-refractivity contribution < 1.29 is 9.31 Å². The van der Waals surface area contributed by atoms with Gasteiger partial charge >= 0.3 is 5.69 Å². The van der Waals surface area contributed by atoms with Crippen LogP contribution in [0.1, 0.15) is 12.8 Å². The minimum atomic E-state index is -0.788. The zero-order valence-electron chi connectivity index (χ0n) is 9.89. The van der Waals surface area contributed by atoms with Crippen molar-refractivity contribution in [3.05, 3.63) is 34.1 Å². The van der Waals surface area contributed by atoms with Crippen molar-refractivity contribution in [2.75, 3.05) is 23.4 Å². The summed E-state index contributed by atoms with van der Waals surface area (Å²) in [4.78, 5) is 10.1. The highest BCUT2D eigenvalue weighted by Gasteiger charge is 2.21. The lowest BCUT2D eigenvalue weighted by atomic mass is 10.0. The highest BCUT2D eigenvalue weighted by atomic mass is 32.2. The molecule has 0 atom stereocenters. The molecule has 0 bridgehead atoms. The first-order valence-electron chi connectivity index (χ1n) is 5.93. The van der Waals surface area contributed by atoms with Crippen LogP contribution in [0.15, 0.2) is 18.2 Å². The summed E-state index contributed by atoms with van der Waals surface area (Å²) in [5, 5.41) is 13.8. The molecule has 0 aliphatic carbocycles.